The smallest absolute Gasteiger partial charge is 0.252 e. The molecule has 2 N–H and O–H groups in total. The standard InChI is InChI=1S/C19H20N4OS.2ClH/c24-19(21-11-14-9-20-10-14)16-5-1-2-6-17(16)25-13-15-12-23-8-4-3-7-18(23)22-15;;/h1-8,12,14,20H,9-11,13H2,(H,21,24);2*1H. The van der Waals surface area contributed by atoms with E-state index in [1.54, 1.807) is 11.8 Å². The molecular weight excluding hydrogens is 403 g/mol. The zero-order valence-corrected chi connectivity index (χ0v) is 17.1. The van der Waals surface area contributed by atoms with E-state index in [9.17, 15) is 4.79 Å². The summed E-state index contributed by atoms with van der Waals surface area (Å²) >= 11 is 1.65. The maximum atomic E-state index is 12.5. The minimum absolute atomic E-state index is 0. The summed E-state index contributed by atoms with van der Waals surface area (Å²) in [6, 6.07) is 13.7. The number of hydrogen-bond acceptors (Lipinski definition) is 4. The molecule has 0 bridgehead atoms. The quantitative estimate of drug-likeness (QED) is 0.595. The second-order valence-electron chi connectivity index (χ2n) is 6.22. The van der Waals surface area contributed by atoms with Crippen molar-refractivity contribution in [2.45, 2.75) is 10.6 Å². The van der Waals surface area contributed by atoms with Crippen LogP contribution in [0.4, 0.5) is 0 Å². The molecule has 27 heavy (non-hydrogen) atoms. The number of pyridine rings is 1. The molecular formula is C19H22Cl2N4OS. The van der Waals surface area contributed by atoms with Crippen molar-refractivity contribution in [3.05, 3.63) is 66.1 Å². The van der Waals surface area contributed by atoms with E-state index in [1.165, 1.54) is 0 Å². The highest BCUT2D eigenvalue weighted by Gasteiger charge is 2.18. The second-order valence-corrected chi connectivity index (χ2v) is 7.23. The number of nitrogens with zero attached hydrogens (tertiary/aromatic N) is 2. The van der Waals surface area contributed by atoms with Crippen LogP contribution in [0.3, 0.4) is 0 Å². The summed E-state index contributed by atoms with van der Waals surface area (Å²) in [5, 5.41) is 6.27. The van der Waals surface area contributed by atoms with Crippen LogP contribution in [0.5, 0.6) is 0 Å². The Bertz CT molecular complexity index is 865. The van der Waals surface area contributed by atoms with Crippen LogP contribution in [0.15, 0.2) is 59.8 Å². The first-order valence-electron chi connectivity index (χ1n) is 8.43. The van der Waals surface area contributed by atoms with Gasteiger partial charge in [-0.2, -0.15) is 0 Å². The molecule has 4 rings (SSSR count). The first-order valence-corrected chi connectivity index (χ1v) is 9.41. The Hall–Kier alpha value is -1.73. The molecule has 1 amide bonds. The van der Waals surface area contributed by atoms with Crippen LogP contribution in [-0.4, -0.2) is 34.9 Å². The van der Waals surface area contributed by atoms with E-state index < -0.39 is 0 Å². The van der Waals surface area contributed by atoms with Crippen LogP contribution in [0.25, 0.3) is 5.65 Å². The van der Waals surface area contributed by atoms with Crippen molar-refractivity contribution in [3.8, 4) is 0 Å². The number of imidazole rings is 1. The third kappa shape index (κ3) is 5.17. The van der Waals surface area contributed by atoms with Gasteiger partial charge in [0.2, 0.25) is 0 Å². The molecule has 2 aromatic heterocycles. The van der Waals surface area contributed by atoms with Gasteiger partial charge in [-0.25, -0.2) is 4.98 Å². The number of rotatable bonds is 6. The number of halogens is 2. The zero-order chi connectivity index (χ0) is 17.1. The van der Waals surface area contributed by atoms with E-state index in [0.717, 1.165) is 47.2 Å². The maximum Gasteiger partial charge on any atom is 0.252 e. The summed E-state index contributed by atoms with van der Waals surface area (Å²) in [5.74, 6) is 1.30. The van der Waals surface area contributed by atoms with Gasteiger partial charge in [0.15, 0.2) is 0 Å². The maximum absolute atomic E-state index is 12.5. The summed E-state index contributed by atoms with van der Waals surface area (Å²) in [6.07, 6.45) is 4.03. The van der Waals surface area contributed by atoms with E-state index in [0.29, 0.717) is 5.92 Å². The molecule has 8 heteroatoms. The molecule has 0 saturated carbocycles. The highest BCUT2D eigenvalue weighted by Crippen LogP contribution is 2.26. The number of carbonyl (C=O) groups excluding carboxylic acids is 1. The molecule has 5 nitrogen and oxygen atoms in total. The molecule has 1 aromatic carbocycles. The van der Waals surface area contributed by atoms with Crippen LogP contribution in [-0.2, 0) is 5.75 Å². The van der Waals surface area contributed by atoms with Gasteiger partial charge in [0.05, 0.1) is 11.3 Å². The monoisotopic (exact) mass is 424 g/mol. The summed E-state index contributed by atoms with van der Waals surface area (Å²) in [5.41, 5.74) is 2.69. The molecule has 1 aliphatic rings. The average molecular weight is 425 g/mol. The lowest BCUT2D eigenvalue weighted by atomic mass is 10.0. The average Bonchev–Trinajstić information content (AvgIpc) is 3.01. The molecule has 0 atom stereocenters. The van der Waals surface area contributed by atoms with E-state index in [-0.39, 0.29) is 30.7 Å². The fraction of sp³-hybridized carbons (Fsp3) is 0.263. The van der Waals surface area contributed by atoms with Gasteiger partial charge < -0.3 is 15.0 Å². The molecule has 0 spiro atoms. The third-order valence-electron chi connectivity index (χ3n) is 4.34. The van der Waals surface area contributed by atoms with E-state index >= 15 is 0 Å². The number of carbonyl (C=O) groups is 1. The SMILES string of the molecule is Cl.Cl.O=C(NCC1CNC1)c1ccccc1SCc1cn2ccccc2n1. The van der Waals surface area contributed by atoms with Gasteiger partial charge in [-0.1, -0.05) is 18.2 Å². The van der Waals surface area contributed by atoms with Gasteiger partial charge in [0, 0.05) is 48.6 Å². The Balaban J connectivity index is 0.00000131. The largest absolute Gasteiger partial charge is 0.352 e. The van der Waals surface area contributed by atoms with Crippen LogP contribution in [0, 0.1) is 5.92 Å². The van der Waals surface area contributed by atoms with Gasteiger partial charge in [0.1, 0.15) is 5.65 Å². The van der Waals surface area contributed by atoms with Crippen LogP contribution in [0.2, 0.25) is 0 Å². The number of benzene rings is 1. The fourth-order valence-electron chi connectivity index (χ4n) is 2.81. The fourth-order valence-corrected chi connectivity index (χ4v) is 3.75. The molecule has 3 aromatic rings. The van der Waals surface area contributed by atoms with Crippen molar-refractivity contribution in [1.82, 2.24) is 20.0 Å². The molecule has 3 heterocycles. The zero-order valence-electron chi connectivity index (χ0n) is 14.6. The Morgan fingerprint density at radius 2 is 1.96 bits per heavy atom. The second kappa shape index (κ2) is 9.99. The van der Waals surface area contributed by atoms with E-state index in [4.69, 9.17) is 0 Å². The minimum atomic E-state index is 0. The first kappa shape index (κ1) is 21.6. The number of aromatic nitrogens is 2. The Morgan fingerprint density at radius 1 is 1.19 bits per heavy atom. The van der Waals surface area contributed by atoms with Crippen molar-refractivity contribution in [1.29, 1.82) is 0 Å². The van der Waals surface area contributed by atoms with E-state index in [1.807, 2.05) is 59.3 Å². The first-order chi connectivity index (χ1) is 12.3. The number of hydrogen-bond donors (Lipinski definition) is 2. The Morgan fingerprint density at radius 3 is 2.70 bits per heavy atom. The van der Waals surface area contributed by atoms with Gasteiger partial charge in [-0.15, -0.1) is 36.6 Å². The highest BCUT2D eigenvalue weighted by molar-refractivity contribution is 7.98. The number of amides is 1. The van der Waals surface area contributed by atoms with Crippen molar-refractivity contribution in [3.63, 3.8) is 0 Å². The molecule has 0 unspecified atom stereocenters. The van der Waals surface area contributed by atoms with Gasteiger partial charge in [0.25, 0.3) is 5.91 Å². The molecule has 1 aliphatic heterocycles. The molecule has 144 valence electrons. The summed E-state index contributed by atoms with van der Waals surface area (Å²) in [4.78, 5) is 18.1. The lowest BCUT2D eigenvalue weighted by Gasteiger charge is -2.27. The van der Waals surface area contributed by atoms with Crippen molar-refractivity contribution in [2.75, 3.05) is 19.6 Å². The van der Waals surface area contributed by atoms with E-state index in [2.05, 4.69) is 15.6 Å². The molecule has 1 saturated heterocycles. The summed E-state index contributed by atoms with van der Waals surface area (Å²) < 4.78 is 2.02. The van der Waals surface area contributed by atoms with Crippen LogP contribution in [0.1, 0.15) is 16.1 Å². The predicted molar refractivity (Wildman–Crippen MR) is 114 cm³/mol. The lowest BCUT2D eigenvalue weighted by molar-refractivity contribution is 0.0939. The highest BCUT2D eigenvalue weighted by atomic mass is 35.5. The van der Waals surface area contributed by atoms with Crippen molar-refractivity contribution < 1.29 is 4.79 Å². The summed E-state index contributed by atoms with van der Waals surface area (Å²) in [7, 11) is 0. The summed E-state index contributed by atoms with van der Waals surface area (Å²) in [6.45, 7) is 2.71. The normalized spacial score (nSPS) is 13.3. The Kier molecular flexibility index (Phi) is 7.98. The number of nitrogens with one attached hydrogen (secondary N) is 2. The topological polar surface area (TPSA) is 58.4 Å². The van der Waals surface area contributed by atoms with Gasteiger partial charge in [-0.05, 0) is 24.3 Å². The minimum Gasteiger partial charge on any atom is -0.352 e. The predicted octanol–water partition coefficient (Wildman–Crippen LogP) is 3.42. The Labute approximate surface area is 175 Å². The molecule has 0 aliphatic carbocycles. The van der Waals surface area contributed by atoms with Gasteiger partial charge in [-0.3, -0.25) is 4.79 Å². The van der Waals surface area contributed by atoms with Crippen LogP contribution < -0.4 is 10.6 Å². The number of thioether (sulfide) groups is 1. The van der Waals surface area contributed by atoms with Crippen LogP contribution >= 0.6 is 36.6 Å². The van der Waals surface area contributed by atoms with Crippen molar-refractivity contribution >= 4 is 48.1 Å². The van der Waals surface area contributed by atoms with Gasteiger partial charge >= 0.3 is 0 Å². The molecule has 0 radical (unpaired) electrons. The third-order valence-corrected chi connectivity index (χ3v) is 5.45. The molecule has 1 fully saturated rings. The van der Waals surface area contributed by atoms with Crippen molar-refractivity contribution in [2.24, 2.45) is 5.92 Å². The lowest BCUT2D eigenvalue weighted by Crippen LogP contribution is -2.48. The number of fused-ring (bicyclic) bond motifs is 1.